The molecule has 2 aromatic rings. The van der Waals surface area contributed by atoms with E-state index in [4.69, 9.17) is 14.2 Å². The Kier molecular flexibility index (Phi) is 7.15. The van der Waals surface area contributed by atoms with Crippen molar-refractivity contribution in [2.24, 2.45) is 0 Å². The van der Waals surface area contributed by atoms with E-state index >= 15 is 0 Å². The van der Waals surface area contributed by atoms with E-state index in [0.717, 1.165) is 38.0 Å². The van der Waals surface area contributed by atoms with Crippen molar-refractivity contribution in [3.05, 3.63) is 29.6 Å². The Balaban J connectivity index is 1.70. The van der Waals surface area contributed by atoms with E-state index in [1.165, 1.54) is 0 Å². The molecule has 0 aliphatic carbocycles. The number of aromatic nitrogens is 3. The Morgan fingerprint density at radius 1 is 1.20 bits per heavy atom. The number of methoxy groups -OCH3 is 3. The topological polar surface area (TPSA) is 90.7 Å². The standard InChI is InChI=1S/C21H31N5O4/c1-14(2)22-21(27)17-13-26(24-23-17)16-7-6-8-25(12-16)11-15-9-18(28-3)20(30-5)19(10-15)29-4/h9-10,13-14,16H,6-8,11-12H2,1-5H3,(H,22,27)/t16-/m1/s1. The molecule has 0 radical (unpaired) electrons. The van der Waals surface area contributed by atoms with Crippen LogP contribution in [0.3, 0.4) is 0 Å². The van der Waals surface area contributed by atoms with Crippen molar-refractivity contribution in [1.82, 2.24) is 25.2 Å². The van der Waals surface area contributed by atoms with E-state index in [1.54, 1.807) is 27.5 Å². The van der Waals surface area contributed by atoms with Crippen molar-refractivity contribution < 1.29 is 19.0 Å². The lowest BCUT2D eigenvalue weighted by Gasteiger charge is -2.32. The molecule has 3 rings (SSSR count). The minimum Gasteiger partial charge on any atom is -0.493 e. The maximum absolute atomic E-state index is 12.2. The first-order chi connectivity index (χ1) is 14.4. The molecule has 0 spiro atoms. The lowest BCUT2D eigenvalue weighted by molar-refractivity contribution is 0.0938. The van der Waals surface area contributed by atoms with Crippen LogP contribution in [0.15, 0.2) is 18.3 Å². The van der Waals surface area contributed by atoms with Gasteiger partial charge in [-0.2, -0.15) is 0 Å². The average molecular weight is 418 g/mol. The SMILES string of the molecule is COc1cc(CN2CCC[C@@H](n3cc(C(=O)NC(C)C)nn3)C2)cc(OC)c1OC. The van der Waals surface area contributed by atoms with Gasteiger partial charge in [0.15, 0.2) is 17.2 Å². The highest BCUT2D eigenvalue weighted by Gasteiger charge is 2.24. The highest BCUT2D eigenvalue weighted by molar-refractivity contribution is 5.91. The summed E-state index contributed by atoms with van der Waals surface area (Å²) in [7, 11) is 4.84. The van der Waals surface area contributed by atoms with E-state index in [1.807, 2.05) is 30.7 Å². The van der Waals surface area contributed by atoms with Crippen LogP contribution in [-0.4, -0.2) is 66.3 Å². The molecule has 1 aromatic carbocycles. The van der Waals surface area contributed by atoms with Gasteiger partial charge in [0.2, 0.25) is 5.75 Å². The van der Waals surface area contributed by atoms with Crippen LogP contribution in [0.4, 0.5) is 0 Å². The van der Waals surface area contributed by atoms with E-state index < -0.39 is 0 Å². The van der Waals surface area contributed by atoms with Crippen LogP contribution in [0.2, 0.25) is 0 Å². The predicted octanol–water partition coefficient (Wildman–Crippen LogP) is 2.28. The van der Waals surface area contributed by atoms with Crippen LogP contribution in [0.25, 0.3) is 0 Å². The molecule has 1 amide bonds. The van der Waals surface area contributed by atoms with Crippen molar-refractivity contribution in [3.8, 4) is 17.2 Å². The second-order valence-corrected chi connectivity index (χ2v) is 7.78. The Bertz CT molecular complexity index is 842. The van der Waals surface area contributed by atoms with Crippen molar-refractivity contribution in [3.63, 3.8) is 0 Å². The van der Waals surface area contributed by atoms with Crippen LogP contribution < -0.4 is 19.5 Å². The van der Waals surface area contributed by atoms with Crippen LogP contribution in [-0.2, 0) is 6.54 Å². The zero-order chi connectivity index (χ0) is 21.7. The molecule has 1 atom stereocenters. The molecule has 0 saturated carbocycles. The monoisotopic (exact) mass is 417 g/mol. The molecule has 1 N–H and O–H groups in total. The Morgan fingerprint density at radius 2 is 1.90 bits per heavy atom. The lowest BCUT2D eigenvalue weighted by Crippen LogP contribution is -2.36. The Morgan fingerprint density at radius 3 is 2.50 bits per heavy atom. The highest BCUT2D eigenvalue weighted by atomic mass is 16.5. The quantitative estimate of drug-likeness (QED) is 0.705. The first-order valence-electron chi connectivity index (χ1n) is 10.2. The smallest absolute Gasteiger partial charge is 0.273 e. The van der Waals surface area contributed by atoms with Gasteiger partial charge in [0.1, 0.15) is 0 Å². The molecule has 1 saturated heterocycles. The van der Waals surface area contributed by atoms with Gasteiger partial charge in [-0.15, -0.1) is 5.10 Å². The third kappa shape index (κ3) is 5.02. The minimum absolute atomic E-state index is 0.0614. The second-order valence-electron chi connectivity index (χ2n) is 7.78. The van der Waals surface area contributed by atoms with E-state index in [9.17, 15) is 4.79 Å². The molecular formula is C21H31N5O4. The summed E-state index contributed by atoms with van der Waals surface area (Å²) in [6, 6.07) is 4.20. The molecule has 0 unspecified atom stereocenters. The lowest BCUT2D eigenvalue weighted by atomic mass is 10.0. The van der Waals surface area contributed by atoms with Crippen molar-refractivity contribution in [2.45, 2.75) is 45.3 Å². The fraction of sp³-hybridized carbons (Fsp3) is 0.571. The molecule has 9 nitrogen and oxygen atoms in total. The minimum atomic E-state index is -0.193. The average Bonchev–Trinajstić information content (AvgIpc) is 3.23. The summed E-state index contributed by atoms with van der Waals surface area (Å²) in [5.41, 5.74) is 1.44. The normalized spacial score (nSPS) is 17.1. The number of carbonyl (C=O) groups is 1. The largest absolute Gasteiger partial charge is 0.493 e. The molecule has 1 aliphatic heterocycles. The summed E-state index contributed by atoms with van der Waals surface area (Å²) in [5.74, 6) is 1.70. The van der Waals surface area contributed by atoms with Crippen LogP contribution in [0.5, 0.6) is 17.2 Å². The van der Waals surface area contributed by atoms with E-state index in [-0.39, 0.29) is 18.0 Å². The number of carbonyl (C=O) groups excluding carboxylic acids is 1. The molecule has 1 fully saturated rings. The molecule has 1 aromatic heterocycles. The number of nitrogens with one attached hydrogen (secondary N) is 1. The van der Waals surface area contributed by atoms with Crippen LogP contribution in [0, 0.1) is 0 Å². The summed E-state index contributed by atoms with van der Waals surface area (Å²) in [5, 5.41) is 11.1. The molecule has 164 valence electrons. The third-order valence-electron chi connectivity index (χ3n) is 5.15. The Labute approximate surface area is 177 Å². The molecule has 1 aliphatic rings. The van der Waals surface area contributed by atoms with Crippen molar-refractivity contribution >= 4 is 5.91 Å². The van der Waals surface area contributed by atoms with Gasteiger partial charge in [-0.3, -0.25) is 9.69 Å². The van der Waals surface area contributed by atoms with Gasteiger partial charge in [-0.1, -0.05) is 5.21 Å². The van der Waals surface area contributed by atoms with Gasteiger partial charge in [-0.25, -0.2) is 4.68 Å². The maximum atomic E-state index is 12.2. The first kappa shape index (κ1) is 21.9. The number of ether oxygens (including phenoxy) is 3. The summed E-state index contributed by atoms with van der Waals surface area (Å²) in [4.78, 5) is 14.5. The molecule has 2 heterocycles. The van der Waals surface area contributed by atoms with Crippen molar-refractivity contribution in [1.29, 1.82) is 0 Å². The Hall–Kier alpha value is -2.81. The molecule has 9 heteroatoms. The number of nitrogens with zero attached hydrogens (tertiary/aromatic N) is 4. The third-order valence-corrected chi connectivity index (χ3v) is 5.15. The summed E-state index contributed by atoms with van der Waals surface area (Å²) >= 11 is 0. The van der Waals surface area contributed by atoms with Gasteiger partial charge < -0.3 is 19.5 Å². The van der Waals surface area contributed by atoms with Crippen LogP contribution >= 0.6 is 0 Å². The molecule has 0 bridgehead atoms. The van der Waals surface area contributed by atoms with Gasteiger partial charge in [-0.05, 0) is 50.9 Å². The van der Waals surface area contributed by atoms with Crippen LogP contribution in [0.1, 0.15) is 48.8 Å². The molecular weight excluding hydrogens is 386 g/mol. The maximum Gasteiger partial charge on any atom is 0.273 e. The number of hydrogen-bond acceptors (Lipinski definition) is 7. The van der Waals surface area contributed by atoms with E-state index in [2.05, 4.69) is 20.5 Å². The fourth-order valence-corrected chi connectivity index (χ4v) is 3.77. The number of likely N-dealkylation sites (tertiary alicyclic amines) is 1. The number of amides is 1. The predicted molar refractivity (Wildman–Crippen MR) is 112 cm³/mol. The second kappa shape index (κ2) is 9.80. The summed E-state index contributed by atoms with van der Waals surface area (Å²) in [6.45, 7) is 6.41. The number of hydrogen-bond donors (Lipinski definition) is 1. The summed E-state index contributed by atoms with van der Waals surface area (Å²) < 4.78 is 18.2. The highest BCUT2D eigenvalue weighted by Crippen LogP contribution is 2.38. The number of benzene rings is 1. The first-order valence-corrected chi connectivity index (χ1v) is 10.2. The summed E-state index contributed by atoms with van der Waals surface area (Å²) in [6.07, 6.45) is 3.79. The fourth-order valence-electron chi connectivity index (χ4n) is 3.77. The van der Waals surface area contributed by atoms with Crippen molar-refractivity contribution in [2.75, 3.05) is 34.4 Å². The number of rotatable bonds is 8. The van der Waals surface area contributed by atoms with Gasteiger partial charge in [0.25, 0.3) is 5.91 Å². The number of piperidine rings is 1. The zero-order valence-corrected chi connectivity index (χ0v) is 18.3. The molecule has 30 heavy (non-hydrogen) atoms. The van der Waals surface area contributed by atoms with E-state index in [0.29, 0.717) is 22.9 Å². The van der Waals surface area contributed by atoms with Gasteiger partial charge >= 0.3 is 0 Å². The zero-order valence-electron chi connectivity index (χ0n) is 18.3. The van der Waals surface area contributed by atoms with Gasteiger partial charge in [0, 0.05) is 19.1 Å². The van der Waals surface area contributed by atoms with Gasteiger partial charge in [0.05, 0.1) is 33.6 Å².